The highest BCUT2D eigenvalue weighted by Crippen LogP contribution is 2.12. The molecule has 0 saturated heterocycles. The van der Waals surface area contributed by atoms with Crippen molar-refractivity contribution in [1.82, 2.24) is 15.5 Å². The van der Waals surface area contributed by atoms with E-state index in [4.69, 9.17) is 0 Å². The number of amides is 1. The third kappa shape index (κ3) is 3.84. The quantitative estimate of drug-likeness (QED) is 0.850. The first kappa shape index (κ1) is 13.1. The highest BCUT2D eigenvalue weighted by atomic mass is 16.1. The second-order valence-electron chi connectivity index (χ2n) is 4.60. The van der Waals surface area contributed by atoms with Crippen molar-refractivity contribution in [2.24, 2.45) is 0 Å². The Bertz CT molecular complexity index is 517. The van der Waals surface area contributed by atoms with Gasteiger partial charge in [-0.25, -0.2) is 0 Å². The average molecular weight is 258 g/mol. The lowest BCUT2D eigenvalue weighted by Gasteiger charge is -2.12. The zero-order valence-electron chi connectivity index (χ0n) is 11.2. The molecule has 0 aliphatic carbocycles. The number of hydrogen-bond acceptors (Lipinski definition) is 3. The third-order valence-electron chi connectivity index (χ3n) is 2.85. The molecule has 0 unspecified atom stereocenters. The molecule has 0 spiro atoms. The molecule has 2 aromatic rings. The minimum absolute atomic E-state index is 0.00667. The van der Waals surface area contributed by atoms with Crippen LogP contribution in [0.2, 0.25) is 0 Å². The van der Waals surface area contributed by atoms with Crippen molar-refractivity contribution in [2.75, 3.05) is 19.0 Å². The highest BCUT2D eigenvalue weighted by Gasteiger charge is 2.04. The molecule has 1 aromatic carbocycles. The van der Waals surface area contributed by atoms with E-state index in [-0.39, 0.29) is 5.91 Å². The number of rotatable bonds is 5. The Morgan fingerprint density at radius 2 is 2.00 bits per heavy atom. The second-order valence-corrected chi connectivity index (χ2v) is 4.60. The predicted octanol–water partition coefficient (Wildman–Crippen LogP) is 1.33. The SMILES string of the molecule is CN(C)c1ccc(CC(=O)NCc2ccn[nH]2)cc1. The Hall–Kier alpha value is -2.30. The largest absolute Gasteiger partial charge is 0.378 e. The maximum atomic E-state index is 11.8. The first-order valence-corrected chi connectivity index (χ1v) is 6.16. The summed E-state index contributed by atoms with van der Waals surface area (Å²) in [4.78, 5) is 13.8. The van der Waals surface area contributed by atoms with Crippen molar-refractivity contribution in [3.63, 3.8) is 0 Å². The monoisotopic (exact) mass is 258 g/mol. The average Bonchev–Trinajstić information content (AvgIpc) is 2.90. The van der Waals surface area contributed by atoms with E-state index in [0.29, 0.717) is 13.0 Å². The lowest BCUT2D eigenvalue weighted by Crippen LogP contribution is -2.24. The number of anilines is 1. The van der Waals surface area contributed by atoms with Crippen molar-refractivity contribution < 1.29 is 4.79 Å². The van der Waals surface area contributed by atoms with Crippen molar-refractivity contribution in [1.29, 1.82) is 0 Å². The van der Waals surface area contributed by atoms with Gasteiger partial charge in [0.05, 0.1) is 18.7 Å². The van der Waals surface area contributed by atoms with Crippen LogP contribution in [-0.2, 0) is 17.8 Å². The van der Waals surface area contributed by atoms with Crippen LogP contribution in [0.3, 0.4) is 0 Å². The summed E-state index contributed by atoms with van der Waals surface area (Å²) in [6.45, 7) is 0.481. The topological polar surface area (TPSA) is 61.0 Å². The van der Waals surface area contributed by atoms with E-state index in [2.05, 4.69) is 15.5 Å². The van der Waals surface area contributed by atoms with E-state index in [9.17, 15) is 4.79 Å². The van der Waals surface area contributed by atoms with Gasteiger partial charge in [-0.15, -0.1) is 0 Å². The van der Waals surface area contributed by atoms with Crippen molar-refractivity contribution >= 4 is 11.6 Å². The summed E-state index contributed by atoms with van der Waals surface area (Å²) in [5.74, 6) is 0.00667. The van der Waals surface area contributed by atoms with Crippen LogP contribution in [0.15, 0.2) is 36.5 Å². The molecule has 0 aliphatic heterocycles. The molecule has 0 aliphatic rings. The summed E-state index contributed by atoms with van der Waals surface area (Å²) < 4.78 is 0. The molecule has 2 rings (SSSR count). The van der Waals surface area contributed by atoms with Crippen LogP contribution in [0.5, 0.6) is 0 Å². The lowest BCUT2D eigenvalue weighted by atomic mass is 10.1. The lowest BCUT2D eigenvalue weighted by molar-refractivity contribution is -0.120. The first-order valence-electron chi connectivity index (χ1n) is 6.16. The van der Waals surface area contributed by atoms with E-state index >= 15 is 0 Å². The van der Waals surface area contributed by atoms with E-state index in [1.807, 2.05) is 49.3 Å². The number of benzene rings is 1. The Balaban J connectivity index is 1.84. The molecular formula is C14H18N4O. The number of H-pyrrole nitrogens is 1. The number of nitrogens with zero attached hydrogens (tertiary/aromatic N) is 2. The molecule has 0 saturated carbocycles. The zero-order valence-corrected chi connectivity index (χ0v) is 11.2. The van der Waals surface area contributed by atoms with Gasteiger partial charge in [0.25, 0.3) is 0 Å². The molecule has 0 radical (unpaired) electrons. The van der Waals surface area contributed by atoms with E-state index in [0.717, 1.165) is 16.9 Å². The number of aromatic nitrogens is 2. The molecule has 5 nitrogen and oxygen atoms in total. The van der Waals surface area contributed by atoms with Crippen LogP contribution in [-0.4, -0.2) is 30.2 Å². The Morgan fingerprint density at radius 1 is 1.26 bits per heavy atom. The van der Waals surface area contributed by atoms with Crippen LogP contribution in [0.1, 0.15) is 11.3 Å². The van der Waals surface area contributed by atoms with E-state index < -0.39 is 0 Å². The van der Waals surface area contributed by atoms with Crippen LogP contribution in [0, 0.1) is 0 Å². The summed E-state index contributed by atoms with van der Waals surface area (Å²) >= 11 is 0. The second kappa shape index (κ2) is 6.04. The molecule has 1 amide bonds. The third-order valence-corrected chi connectivity index (χ3v) is 2.85. The summed E-state index contributed by atoms with van der Waals surface area (Å²) in [6.07, 6.45) is 2.06. The normalized spacial score (nSPS) is 10.2. The minimum Gasteiger partial charge on any atom is -0.378 e. The van der Waals surface area contributed by atoms with Crippen molar-refractivity contribution in [3.8, 4) is 0 Å². The Labute approximate surface area is 112 Å². The van der Waals surface area contributed by atoms with Gasteiger partial charge in [0.1, 0.15) is 0 Å². The summed E-state index contributed by atoms with van der Waals surface area (Å²) in [5.41, 5.74) is 3.03. The number of nitrogens with one attached hydrogen (secondary N) is 2. The molecule has 0 atom stereocenters. The molecule has 1 heterocycles. The first-order chi connectivity index (χ1) is 9.15. The maximum Gasteiger partial charge on any atom is 0.224 e. The fourth-order valence-electron chi connectivity index (χ4n) is 1.74. The Morgan fingerprint density at radius 3 is 2.58 bits per heavy atom. The van der Waals surface area contributed by atoms with Crippen molar-refractivity contribution in [2.45, 2.75) is 13.0 Å². The van der Waals surface area contributed by atoms with Crippen LogP contribution >= 0.6 is 0 Å². The summed E-state index contributed by atoms with van der Waals surface area (Å²) in [6, 6.07) is 9.82. The van der Waals surface area contributed by atoms with Gasteiger partial charge in [0.2, 0.25) is 5.91 Å². The molecule has 100 valence electrons. The van der Waals surface area contributed by atoms with Gasteiger partial charge in [-0.1, -0.05) is 12.1 Å². The highest BCUT2D eigenvalue weighted by molar-refractivity contribution is 5.78. The van der Waals surface area contributed by atoms with E-state index in [1.165, 1.54) is 0 Å². The predicted molar refractivity (Wildman–Crippen MR) is 74.9 cm³/mol. The fraction of sp³-hybridized carbons (Fsp3) is 0.286. The number of carbonyl (C=O) groups is 1. The standard InChI is InChI=1S/C14H18N4O/c1-18(2)13-5-3-11(4-6-13)9-14(19)15-10-12-7-8-16-17-12/h3-8H,9-10H2,1-2H3,(H,15,19)(H,16,17). The smallest absolute Gasteiger partial charge is 0.224 e. The van der Waals surface area contributed by atoms with Crippen molar-refractivity contribution in [3.05, 3.63) is 47.8 Å². The number of aromatic amines is 1. The van der Waals surface area contributed by atoms with Gasteiger partial charge in [-0.2, -0.15) is 5.10 Å². The van der Waals surface area contributed by atoms with Gasteiger partial charge in [0.15, 0.2) is 0 Å². The number of hydrogen-bond donors (Lipinski definition) is 2. The minimum atomic E-state index is 0.00667. The van der Waals surface area contributed by atoms with Crippen LogP contribution < -0.4 is 10.2 Å². The van der Waals surface area contributed by atoms with Gasteiger partial charge >= 0.3 is 0 Å². The van der Waals surface area contributed by atoms with Gasteiger partial charge in [0, 0.05) is 26.0 Å². The molecule has 5 heteroatoms. The fourth-order valence-corrected chi connectivity index (χ4v) is 1.74. The van der Waals surface area contributed by atoms with Crippen LogP contribution in [0.4, 0.5) is 5.69 Å². The molecule has 19 heavy (non-hydrogen) atoms. The molecule has 0 fully saturated rings. The van der Waals surface area contributed by atoms with Gasteiger partial charge in [-0.05, 0) is 23.8 Å². The molecule has 1 aromatic heterocycles. The summed E-state index contributed by atoms with van der Waals surface area (Å²) in [7, 11) is 3.98. The molecular weight excluding hydrogens is 240 g/mol. The molecule has 0 bridgehead atoms. The number of carbonyl (C=O) groups excluding carboxylic acids is 1. The molecule has 2 N–H and O–H groups in total. The Kier molecular flexibility index (Phi) is 4.18. The maximum absolute atomic E-state index is 11.8. The van der Waals surface area contributed by atoms with Crippen LogP contribution in [0.25, 0.3) is 0 Å². The summed E-state index contributed by atoms with van der Waals surface area (Å²) in [5, 5.41) is 9.49. The van der Waals surface area contributed by atoms with Gasteiger partial charge in [-0.3, -0.25) is 9.89 Å². The van der Waals surface area contributed by atoms with Gasteiger partial charge < -0.3 is 10.2 Å². The van der Waals surface area contributed by atoms with E-state index in [1.54, 1.807) is 6.20 Å². The zero-order chi connectivity index (χ0) is 13.7.